The summed E-state index contributed by atoms with van der Waals surface area (Å²) in [6, 6.07) is 10.3. The molecule has 6 nitrogen and oxygen atoms in total. The van der Waals surface area contributed by atoms with Crippen molar-refractivity contribution in [2.24, 2.45) is 5.92 Å². The molecule has 2 amide bonds. The highest BCUT2D eigenvalue weighted by molar-refractivity contribution is 9.10. The number of nitrogens with one attached hydrogen (secondary N) is 1. The second-order valence-corrected chi connectivity index (χ2v) is 8.57. The van der Waals surface area contributed by atoms with Gasteiger partial charge in [0.2, 0.25) is 5.91 Å². The largest absolute Gasteiger partial charge is 0.455 e. The maximum Gasteiger partial charge on any atom is 0.311 e. The van der Waals surface area contributed by atoms with Crippen molar-refractivity contribution >= 4 is 68.3 Å². The smallest absolute Gasteiger partial charge is 0.311 e. The Kier molecular flexibility index (Phi) is 7.39. The number of ether oxygens (including phenoxy) is 1. The summed E-state index contributed by atoms with van der Waals surface area (Å²) in [6.45, 7) is 1.67. The molecule has 158 valence electrons. The van der Waals surface area contributed by atoms with E-state index in [1.165, 1.54) is 4.90 Å². The summed E-state index contributed by atoms with van der Waals surface area (Å²) in [5.74, 6) is -1.99. The van der Waals surface area contributed by atoms with Crippen LogP contribution >= 0.6 is 39.1 Å². The van der Waals surface area contributed by atoms with Gasteiger partial charge in [-0.25, -0.2) is 0 Å². The standard InChI is InChI=1S/C21H19BrCl2N2O4/c1-2-12-7-14(22)3-6-17(12)25-19(27)11-30-21(29)13-8-20(28)26(10-13)18-9-15(23)4-5-16(18)24/h3-7,9,13H,2,8,10-11H2,1H3,(H,25,27)/t13-/m1/s1. The molecule has 9 heteroatoms. The number of rotatable bonds is 6. The van der Waals surface area contributed by atoms with Crippen LogP contribution in [0.25, 0.3) is 0 Å². The lowest BCUT2D eigenvalue weighted by Crippen LogP contribution is -2.28. The van der Waals surface area contributed by atoms with Gasteiger partial charge >= 0.3 is 5.97 Å². The average molecular weight is 514 g/mol. The second kappa shape index (κ2) is 9.81. The van der Waals surface area contributed by atoms with E-state index in [1.807, 2.05) is 19.1 Å². The molecule has 1 aliphatic heterocycles. The maximum atomic E-state index is 12.4. The van der Waals surface area contributed by atoms with E-state index in [-0.39, 0.29) is 18.9 Å². The number of esters is 1. The minimum absolute atomic E-state index is 0.0179. The van der Waals surface area contributed by atoms with E-state index in [9.17, 15) is 14.4 Å². The number of nitrogens with zero attached hydrogens (tertiary/aromatic N) is 1. The minimum Gasteiger partial charge on any atom is -0.455 e. The van der Waals surface area contributed by atoms with Gasteiger partial charge in [0, 0.05) is 28.1 Å². The zero-order chi connectivity index (χ0) is 21.8. The number of benzene rings is 2. The quantitative estimate of drug-likeness (QED) is 0.560. The highest BCUT2D eigenvalue weighted by Crippen LogP contribution is 2.33. The van der Waals surface area contributed by atoms with Gasteiger partial charge in [0.15, 0.2) is 6.61 Å². The Bertz CT molecular complexity index is 999. The Hall–Kier alpha value is -2.09. The monoisotopic (exact) mass is 512 g/mol. The number of anilines is 2. The lowest BCUT2D eigenvalue weighted by atomic mass is 10.1. The van der Waals surface area contributed by atoms with Gasteiger partial charge in [0.1, 0.15) is 0 Å². The highest BCUT2D eigenvalue weighted by atomic mass is 79.9. The molecule has 1 aliphatic rings. The first-order valence-corrected chi connectivity index (χ1v) is 10.8. The first-order chi connectivity index (χ1) is 14.3. The topological polar surface area (TPSA) is 75.7 Å². The first-order valence-electron chi connectivity index (χ1n) is 9.28. The van der Waals surface area contributed by atoms with E-state index in [1.54, 1.807) is 24.3 Å². The average Bonchev–Trinajstić information content (AvgIpc) is 3.10. The number of halogens is 3. The minimum atomic E-state index is -0.681. The number of hydrogen-bond donors (Lipinski definition) is 1. The van der Waals surface area contributed by atoms with Crippen LogP contribution in [0.5, 0.6) is 0 Å². The molecule has 1 atom stereocenters. The van der Waals surface area contributed by atoms with Crippen molar-refractivity contribution in [1.29, 1.82) is 0 Å². The number of carbonyl (C=O) groups is 3. The van der Waals surface area contributed by atoms with Gasteiger partial charge in [-0.05, 0) is 48.4 Å². The predicted molar refractivity (Wildman–Crippen MR) is 120 cm³/mol. The summed E-state index contributed by atoms with van der Waals surface area (Å²) >= 11 is 15.5. The van der Waals surface area contributed by atoms with Gasteiger partial charge in [-0.15, -0.1) is 0 Å². The van der Waals surface area contributed by atoms with Gasteiger partial charge < -0.3 is 15.0 Å². The second-order valence-electron chi connectivity index (χ2n) is 6.81. The molecule has 30 heavy (non-hydrogen) atoms. The molecule has 1 fully saturated rings. The van der Waals surface area contributed by atoms with E-state index in [0.29, 0.717) is 21.4 Å². The molecule has 2 aromatic rings. The van der Waals surface area contributed by atoms with E-state index < -0.39 is 24.4 Å². The van der Waals surface area contributed by atoms with E-state index in [0.717, 1.165) is 16.5 Å². The molecule has 1 N–H and O–H groups in total. The molecule has 2 aromatic carbocycles. The summed E-state index contributed by atoms with van der Waals surface area (Å²) in [7, 11) is 0. The number of carbonyl (C=O) groups excluding carboxylic acids is 3. The molecule has 0 aliphatic carbocycles. The van der Waals surface area contributed by atoms with Crippen LogP contribution in [0, 0.1) is 5.92 Å². The number of hydrogen-bond acceptors (Lipinski definition) is 4. The van der Waals surface area contributed by atoms with E-state index in [2.05, 4.69) is 21.2 Å². The van der Waals surface area contributed by atoms with Crippen LogP contribution in [0.15, 0.2) is 40.9 Å². The van der Waals surface area contributed by atoms with Gasteiger partial charge in [-0.3, -0.25) is 14.4 Å². The molecule has 1 heterocycles. The fourth-order valence-corrected chi connectivity index (χ4v) is 4.00. The predicted octanol–water partition coefficient (Wildman–Crippen LogP) is 4.85. The molecule has 0 saturated carbocycles. The lowest BCUT2D eigenvalue weighted by molar-refractivity contribution is -0.151. The Balaban J connectivity index is 1.57. The Labute approximate surface area is 192 Å². The Morgan fingerprint density at radius 2 is 2.00 bits per heavy atom. The van der Waals surface area contributed by atoms with Crippen molar-refractivity contribution in [2.75, 3.05) is 23.4 Å². The summed E-state index contributed by atoms with van der Waals surface area (Å²) < 4.78 is 6.06. The highest BCUT2D eigenvalue weighted by Gasteiger charge is 2.37. The Morgan fingerprint density at radius 3 is 2.73 bits per heavy atom. The van der Waals surface area contributed by atoms with Crippen LogP contribution in [0.1, 0.15) is 18.9 Å². The summed E-state index contributed by atoms with van der Waals surface area (Å²) in [5.41, 5.74) is 2.07. The Morgan fingerprint density at radius 1 is 1.23 bits per heavy atom. The van der Waals surface area contributed by atoms with Crippen LogP contribution in [-0.2, 0) is 25.5 Å². The van der Waals surface area contributed by atoms with Crippen LogP contribution < -0.4 is 10.2 Å². The normalized spacial score (nSPS) is 15.9. The fraction of sp³-hybridized carbons (Fsp3) is 0.286. The van der Waals surface area contributed by atoms with E-state index in [4.69, 9.17) is 27.9 Å². The third-order valence-electron chi connectivity index (χ3n) is 4.73. The third kappa shape index (κ3) is 5.33. The summed E-state index contributed by atoms with van der Waals surface area (Å²) in [4.78, 5) is 38.4. The van der Waals surface area contributed by atoms with Crippen molar-refractivity contribution in [3.8, 4) is 0 Å². The maximum absolute atomic E-state index is 12.4. The first kappa shape index (κ1) is 22.6. The van der Waals surface area contributed by atoms with Crippen LogP contribution in [-0.4, -0.2) is 30.9 Å². The number of amides is 2. The SMILES string of the molecule is CCc1cc(Br)ccc1NC(=O)COC(=O)[C@@H]1CC(=O)N(c2cc(Cl)ccc2Cl)C1. The van der Waals surface area contributed by atoms with Crippen molar-refractivity contribution < 1.29 is 19.1 Å². The number of aryl methyl sites for hydroxylation is 1. The molecule has 0 aromatic heterocycles. The van der Waals surface area contributed by atoms with Gasteiger partial charge in [0.25, 0.3) is 5.91 Å². The van der Waals surface area contributed by atoms with Crippen LogP contribution in [0.4, 0.5) is 11.4 Å². The van der Waals surface area contributed by atoms with Crippen molar-refractivity contribution in [2.45, 2.75) is 19.8 Å². The molecule has 0 spiro atoms. The molecule has 0 unspecified atom stereocenters. The zero-order valence-electron chi connectivity index (χ0n) is 16.1. The third-order valence-corrected chi connectivity index (χ3v) is 5.77. The summed E-state index contributed by atoms with van der Waals surface area (Å²) in [5, 5.41) is 3.54. The zero-order valence-corrected chi connectivity index (χ0v) is 19.2. The molecular formula is C21H19BrCl2N2O4. The molecule has 0 radical (unpaired) electrons. The van der Waals surface area contributed by atoms with Crippen molar-refractivity contribution in [3.63, 3.8) is 0 Å². The van der Waals surface area contributed by atoms with Crippen LogP contribution in [0.3, 0.4) is 0 Å². The molecule has 3 rings (SSSR count). The van der Waals surface area contributed by atoms with Crippen LogP contribution in [0.2, 0.25) is 10.0 Å². The molecule has 0 bridgehead atoms. The molecular weight excluding hydrogens is 495 g/mol. The van der Waals surface area contributed by atoms with Crippen molar-refractivity contribution in [1.82, 2.24) is 0 Å². The van der Waals surface area contributed by atoms with Crippen molar-refractivity contribution in [3.05, 3.63) is 56.5 Å². The lowest BCUT2D eigenvalue weighted by Gasteiger charge is -2.18. The molecule has 1 saturated heterocycles. The van der Waals surface area contributed by atoms with Gasteiger partial charge in [0.05, 0.1) is 16.6 Å². The fourth-order valence-electron chi connectivity index (χ4n) is 3.21. The summed E-state index contributed by atoms with van der Waals surface area (Å²) in [6.07, 6.45) is 0.719. The van der Waals surface area contributed by atoms with Gasteiger partial charge in [-0.1, -0.05) is 46.1 Å². The van der Waals surface area contributed by atoms with E-state index >= 15 is 0 Å². The van der Waals surface area contributed by atoms with Gasteiger partial charge in [-0.2, -0.15) is 0 Å².